The molecule has 0 atom stereocenters. The summed E-state index contributed by atoms with van der Waals surface area (Å²) < 4.78 is 0. The van der Waals surface area contributed by atoms with Crippen molar-refractivity contribution in [1.29, 1.82) is 5.26 Å². The van der Waals surface area contributed by atoms with E-state index in [0.29, 0.717) is 27.0 Å². The van der Waals surface area contributed by atoms with Crippen LogP contribution in [0, 0.1) is 11.3 Å². The second kappa shape index (κ2) is 7.87. The lowest BCUT2D eigenvalue weighted by molar-refractivity contribution is 0.102. The number of hydrogen-bond acceptors (Lipinski definition) is 4. The van der Waals surface area contributed by atoms with Gasteiger partial charge in [-0.05, 0) is 54.6 Å². The van der Waals surface area contributed by atoms with Crippen LogP contribution in [0.4, 0.5) is 17.1 Å². The molecule has 0 bridgehead atoms. The van der Waals surface area contributed by atoms with Crippen LogP contribution in [-0.2, 0) is 0 Å². The predicted molar refractivity (Wildman–Crippen MR) is 103 cm³/mol. The van der Waals surface area contributed by atoms with Crippen molar-refractivity contribution in [2.45, 2.75) is 0 Å². The highest BCUT2D eigenvalue weighted by Gasteiger charge is 2.08. The van der Waals surface area contributed by atoms with Crippen molar-refractivity contribution in [3.05, 3.63) is 82.1 Å². The van der Waals surface area contributed by atoms with Crippen LogP contribution in [0.3, 0.4) is 0 Å². The zero-order chi connectivity index (χ0) is 18.5. The Morgan fingerprint density at radius 3 is 2.23 bits per heavy atom. The maximum atomic E-state index is 12.2. The summed E-state index contributed by atoms with van der Waals surface area (Å²) in [7, 11) is 0. The van der Waals surface area contributed by atoms with Gasteiger partial charge in [-0.3, -0.25) is 4.79 Å². The number of nitrogens with zero attached hydrogens (tertiary/aromatic N) is 2. The SMILES string of the molecule is N#Cc1ccc(NC(=O)c2ccc(Nc3ccc(Cl)c(Cl)c3)cn2)cc1. The minimum atomic E-state index is -0.337. The van der Waals surface area contributed by atoms with Crippen LogP contribution < -0.4 is 10.6 Å². The van der Waals surface area contributed by atoms with E-state index in [2.05, 4.69) is 15.6 Å². The number of carbonyl (C=O) groups is 1. The average Bonchev–Trinajstić information content (AvgIpc) is 2.66. The first-order chi connectivity index (χ1) is 12.5. The number of pyridine rings is 1. The monoisotopic (exact) mass is 382 g/mol. The summed E-state index contributed by atoms with van der Waals surface area (Å²) in [5.74, 6) is -0.337. The van der Waals surface area contributed by atoms with Crippen LogP contribution >= 0.6 is 23.2 Å². The van der Waals surface area contributed by atoms with Crippen LogP contribution in [-0.4, -0.2) is 10.9 Å². The molecule has 0 unspecified atom stereocenters. The quantitative estimate of drug-likeness (QED) is 0.645. The van der Waals surface area contributed by atoms with Crippen molar-refractivity contribution >= 4 is 46.2 Å². The summed E-state index contributed by atoms with van der Waals surface area (Å²) in [6.07, 6.45) is 1.55. The third-order valence-electron chi connectivity index (χ3n) is 3.48. The number of nitrogens with one attached hydrogen (secondary N) is 2. The minimum Gasteiger partial charge on any atom is -0.354 e. The highest BCUT2D eigenvalue weighted by molar-refractivity contribution is 6.42. The van der Waals surface area contributed by atoms with Gasteiger partial charge in [0, 0.05) is 11.4 Å². The maximum Gasteiger partial charge on any atom is 0.274 e. The Hall–Kier alpha value is -3.07. The van der Waals surface area contributed by atoms with Crippen LogP contribution in [0.1, 0.15) is 16.1 Å². The molecule has 128 valence electrons. The second-order valence-electron chi connectivity index (χ2n) is 5.33. The number of nitriles is 1. The summed E-state index contributed by atoms with van der Waals surface area (Å²) in [6.45, 7) is 0. The number of carbonyl (C=O) groups excluding carboxylic acids is 1. The standard InChI is InChI=1S/C19H12Cl2N4O/c20-16-7-5-14(9-17(16)21)24-15-6-8-18(23-11-15)19(26)25-13-3-1-12(10-22)2-4-13/h1-9,11,24H,(H,25,26). The van der Waals surface area contributed by atoms with E-state index in [1.165, 1.54) is 0 Å². The number of anilines is 3. The highest BCUT2D eigenvalue weighted by atomic mass is 35.5. The minimum absolute atomic E-state index is 0.272. The number of halogens is 2. The normalized spacial score (nSPS) is 10.0. The molecule has 3 rings (SSSR count). The van der Waals surface area contributed by atoms with Gasteiger partial charge in [-0.2, -0.15) is 5.26 Å². The molecule has 1 aromatic heterocycles. The molecule has 26 heavy (non-hydrogen) atoms. The fourth-order valence-corrected chi connectivity index (χ4v) is 2.46. The molecule has 7 heteroatoms. The van der Waals surface area contributed by atoms with E-state index in [9.17, 15) is 4.79 Å². The number of amides is 1. The molecule has 0 aliphatic carbocycles. The Morgan fingerprint density at radius 1 is 0.923 bits per heavy atom. The van der Waals surface area contributed by atoms with Crippen molar-refractivity contribution < 1.29 is 4.79 Å². The van der Waals surface area contributed by atoms with Gasteiger partial charge in [0.2, 0.25) is 0 Å². The molecule has 0 aliphatic rings. The van der Waals surface area contributed by atoms with E-state index < -0.39 is 0 Å². The lowest BCUT2D eigenvalue weighted by atomic mass is 10.2. The van der Waals surface area contributed by atoms with Gasteiger partial charge in [0.15, 0.2) is 0 Å². The zero-order valence-electron chi connectivity index (χ0n) is 13.3. The highest BCUT2D eigenvalue weighted by Crippen LogP contribution is 2.26. The molecule has 3 aromatic rings. The lowest BCUT2D eigenvalue weighted by Gasteiger charge is -2.08. The van der Waals surface area contributed by atoms with Gasteiger partial charge in [0.25, 0.3) is 5.91 Å². The Labute approximate surface area is 160 Å². The Kier molecular flexibility index (Phi) is 5.37. The first-order valence-electron chi connectivity index (χ1n) is 7.55. The average molecular weight is 383 g/mol. The molecular weight excluding hydrogens is 371 g/mol. The van der Waals surface area contributed by atoms with Crippen molar-refractivity contribution in [1.82, 2.24) is 4.98 Å². The van der Waals surface area contributed by atoms with Gasteiger partial charge in [-0.25, -0.2) is 4.98 Å². The molecule has 1 amide bonds. The van der Waals surface area contributed by atoms with Crippen molar-refractivity contribution in [3.63, 3.8) is 0 Å². The Balaban J connectivity index is 1.67. The third-order valence-corrected chi connectivity index (χ3v) is 4.22. The van der Waals surface area contributed by atoms with Gasteiger partial charge >= 0.3 is 0 Å². The van der Waals surface area contributed by atoms with Gasteiger partial charge < -0.3 is 10.6 Å². The Bertz CT molecular complexity index is 980. The number of aromatic nitrogens is 1. The van der Waals surface area contributed by atoms with E-state index in [4.69, 9.17) is 28.5 Å². The van der Waals surface area contributed by atoms with Crippen molar-refractivity contribution in [3.8, 4) is 6.07 Å². The van der Waals surface area contributed by atoms with E-state index >= 15 is 0 Å². The van der Waals surface area contributed by atoms with E-state index in [-0.39, 0.29) is 11.6 Å². The number of hydrogen-bond donors (Lipinski definition) is 2. The predicted octanol–water partition coefficient (Wildman–Crippen LogP) is 5.26. The summed E-state index contributed by atoms with van der Waals surface area (Å²) in [4.78, 5) is 16.4. The van der Waals surface area contributed by atoms with Gasteiger partial charge in [-0.15, -0.1) is 0 Å². The third kappa shape index (κ3) is 4.31. The summed E-state index contributed by atoms with van der Waals surface area (Å²) in [5, 5.41) is 15.6. The maximum absolute atomic E-state index is 12.2. The molecule has 5 nitrogen and oxygen atoms in total. The smallest absolute Gasteiger partial charge is 0.274 e. The molecule has 0 aliphatic heterocycles. The van der Waals surface area contributed by atoms with Crippen LogP contribution in [0.2, 0.25) is 10.0 Å². The van der Waals surface area contributed by atoms with Crippen LogP contribution in [0.5, 0.6) is 0 Å². The van der Waals surface area contributed by atoms with Crippen molar-refractivity contribution in [2.75, 3.05) is 10.6 Å². The molecule has 2 aromatic carbocycles. The molecule has 0 saturated carbocycles. The van der Waals surface area contributed by atoms with Gasteiger partial charge in [0.1, 0.15) is 5.69 Å². The largest absolute Gasteiger partial charge is 0.354 e. The van der Waals surface area contributed by atoms with Crippen molar-refractivity contribution in [2.24, 2.45) is 0 Å². The molecule has 0 radical (unpaired) electrons. The molecular formula is C19H12Cl2N4O. The van der Waals surface area contributed by atoms with E-state index in [0.717, 1.165) is 5.69 Å². The van der Waals surface area contributed by atoms with E-state index in [1.54, 1.807) is 60.8 Å². The van der Waals surface area contributed by atoms with Crippen LogP contribution in [0.15, 0.2) is 60.8 Å². The van der Waals surface area contributed by atoms with Gasteiger partial charge in [0.05, 0.1) is 33.6 Å². The topological polar surface area (TPSA) is 77.8 Å². The Morgan fingerprint density at radius 2 is 1.62 bits per heavy atom. The summed E-state index contributed by atoms with van der Waals surface area (Å²) in [6, 6.07) is 17.2. The summed E-state index contributed by atoms with van der Waals surface area (Å²) in [5.41, 5.74) is 2.86. The molecule has 0 saturated heterocycles. The molecule has 0 fully saturated rings. The fourth-order valence-electron chi connectivity index (χ4n) is 2.17. The second-order valence-corrected chi connectivity index (χ2v) is 6.14. The molecule has 2 N–H and O–H groups in total. The molecule has 0 spiro atoms. The van der Waals surface area contributed by atoms with E-state index in [1.807, 2.05) is 6.07 Å². The summed E-state index contributed by atoms with van der Waals surface area (Å²) >= 11 is 11.9. The zero-order valence-corrected chi connectivity index (χ0v) is 14.8. The van der Waals surface area contributed by atoms with Gasteiger partial charge in [-0.1, -0.05) is 23.2 Å². The first kappa shape index (κ1) is 17.7. The lowest BCUT2D eigenvalue weighted by Crippen LogP contribution is -2.13. The first-order valence-corrected chi connectivity index (χ1v) is 8.30. The fraction of sp³-hybridized carbons (Fsp3) is 0. The van der Waals surface area contributed by atoms with Crippen LogP contribution in [0.25, 0.3) is 0 Å². The number of rotatable bonds is 4. The molecule has 1 heterocycles. The number of benzene rings is 2.